The Labute approximate surface area is 168 Å². The van der Waals surface area contributed by atoms with Gasteiger partial charge in [0.05, 0.1) is 7.11 Å². The number of aromatic nitrogens is 2. The number of hydrogen-bond acceptors (Lipinski definition) is 5. The standard InChI is InChI=1S/C21H21ClN4O2/c1-14-11-18(20(27)23-13-16-5-3-4-6-19(16)28-2)26-21(25-14)24-12-15-7-9-17(22)10-8-15/h3-11H,12-13H2,1-2H3,(H,23,27)(H,24,25,26). The molecule has 0 bridgehead atoms. The molecule has 0 unspecified atom stereocenters. The summed E-state index contributed by atoms with van der Waals surface area (Å²) in [5, 5.41) is 6.70. The minimum atomic E-state index is -0.272. The Balaban J connectivity index is 1.66. The average molecular weight is 397 g/mol. The Morgan fingerprint density at radius 3 is 2.57 bits per heavy atom. The topological polar surface area (TPSA) is 76.1 Å². The quantitative estimate of drug-likeness (QED) is 0.631. The highest BCUT2D eigenvalue weighted by molar-refractivity contribution is 6.30. The number of halogens is 1. The van der Waals surface area contributed by atoms with Gasteiger partial charge in [-0.15, -0.1) is 0 Å². The van der Waals surface area contributed by atoms with Crippen molar-refractivity contribution in [1.82, 2.24) is 15.3 Å². The molecule has 3 rings (SSSR count). The average Bonchev–Trinajstić information content (AvgIpc) is 2.71. The SMILES string of the molecule is COc1ccccc1CNC(=O)c1cc(C)nc(NCc2ccc(Cl)cc2)n1. The van der Waals surface area contributed by atoms with Crippen LogP contribution in [0.25, 0.3) is 0 Å². The van der Waals surface area contributed by atoms with Crippen LogP contribution in [0.2, 0.25) is 5.02 Å². The third-order valence-corrected chi connectivity index (χ3v) is 4.33. The number of aryl methyl sites for hydroxylation is 1. The van der Waals surface area contributed by atoms with Crippen molar-refractivity contribution in [3.05, 3.63) is 82.1 Å². The van der Waals surface area contributed by atoms with Crippen molar-refractivity contribution >= 4 is 23.5 Å². The Bertz CT molecular complexity index is 961. The van der Waals surface area contributed by atoms with E-state index in [4.69, 9.17) is 16.3 Å². The van der Waals surface area contributed by atoms with Gasteiger partial charge in [0.1, 0.15) is 11.4 Å². The Morgan fingerprint density at radius 1 is 1.07 bits per heavy atom. The van der Waals surface area contributed by atoms with Crippen LogP contribution >= 0.6 is 11.6 Å². The molecule has 2 N–H and O–H groups in total. The van der Waals surface area contributed by atoms with Gasteiger partial charge in [0.25, 0.3) is 5.91 Å². The third kappa shape index (κ3) is 5.20. The molecule has 2 aromatic carbocycles. The second-order valence-electron chi connectivity index (χ2n) is 6.19. The highest BCUT2D eigenvalue weighted by Crippen LogP contribution is 2.17. The summed E-state index contributed by atoms with van der Waals surface area (Å²) in [6.07, 6.45) is 0. The van der Waals surface area contributed by atoms with E-state index in [-0.39, 0.29) is 5.91 Å². The molecular formula is C21H21ClN4O2. The molecule has 1 amide bonds. The largest absolute Gasteiger partial charge is 0.496 e. The summed E-state index contributed by atoms with van der Waals surface area (Å²) in [6.45, 7) is 2.70. The second-order valence-corrected chi connectivity index (χ2v) is 6.63. The minimum absolute atomic E-state index is 0.272. The minimum Gasteiger partial charge on any atom is -0.496 e. The van der Waals surface area contributed by atoms with Gasteiger partial charge in [-0.25, -0.2) is 9.97 Å². The maximum Gasteiger partial charge on any atom is 0.270 e. The summed E-state index contributed by atoms with van der Waals surface area (Å²) in [5.41, 5.74) is 2.94. The van der Waals surface area contributed by atoms with Crippen LogP contribution in [0, 0.1) is 6.92 Å². The van der Waals surface area contributed by atoms with Crippen molar-refractivity contribution in [3.63, 3.8) is 0 Å². The monoisotopic (exact) mass is 396 g/mol. The van der Waals surface area contributed by atoms with Crippen LogP contribution in [-0.4, -0.2) is 23.0 Å². The molecule has 3 aromatic rings. The second kappa shape index (κ2) is 9.19. The summed E-state index contributed by atoms with van der Waals surface area (Å²) in [5.74, 6) is 0.857. The van der Waals surface area contributed by atoms with Crippen LogP contribution in [0.15, 0.2) is 54.6 Å². The number of carbonyl (C=O) groups is 1. The van der Waals surface area contributed by atoms with Crippen molar-refractivity contribution in [2.75, 3.05) is 12.4 Å². The van der Waals surface area contributed by atoms with E-state index in [2.05, 4.69) is 20.6 Å². The first-order chi connectivity index (χ1) is 13.5. The van der Waals surface area contributed by atoms with Crippen molar-refractivity contribution in [2.45, 2.75) is 20.0 Å². The summed E-state index contributed by atoms with van der Waals surface area (Å²) < 4.78 is 5.31. The first-order valence-corrected chi connectivity index (χ1v) is 9.17. The maximum atomic E-state index is 12.5. The fourth-order valence-corrected chi connectivity index (χ4v) is 2.79. The van der Waals surface area contributed by atoms with Crippen LogP contribution in [-0.2, 0) is 13.1 Å². The van der Waals surface area contributed by atoms with E-state index in [9.17, 15) is 4.79 Å². The number of anilines is 1. The lowest BCUT2D eigenvalue weighted by molar-refractivity contribution is 0.0945. The Kier molecular flexibility index (Phi) is 6.45. The molecule has 1 aromatic heterocycles. The highest BCUT2D eigenvalue weighted by atomic mass is 35.5. The number of methoxy groups -OCH3 is 1. The van der Waals surface area contributed by atoms with Crippen molar-refractivity contribution < 1.29 is 9.53 Å². The van der Waals surface area contributed by atoms with Gasteiger partial charge in [-0.3, -0.25) is 4.79 Å². The zero-order chi connectivity index (χ0) is 19.9. The molecule has 0 atom stereocenters. The van der Waals surface area contributed by atoms with Crippen molar-refractivity contribution in [1.29, 1.82) is 0 Å². The van der Waals surface area contributed by atoms with Gasteiger partial charge in [0.15, 0.2) is 0 Å². The zero-order valence-corrected chi connectivity index (χ0v) is 16.5. The number of para-hydroxylation sites is 1. The fourth-order valence-electron chi connectivity index (χ4n) is 2.66. The molecule has 0 radical (unpaired) electrons. The zero-order valence-electron chi connectivity index (χ0n) is 15.7. The molecule has 0 aliphatic heterocycles. The fraction of sp³-hybridized carbons (Fsp3) is 0.190. The predicted octanol–water partition coefficient (Wildman–Crippen LogP) is 3.99. The summed E-state index contributed by atoms with van der Waals surface area (Å²) in [7, 11) is 1.60. The molecular weight excluding hydrogens is 376 g/mol. The first-order valence-electron chi connectivity index (χ1n) is 8.79. The number of nitrogens with one attached hydrogen (secondary N) is 2. The van der Waals surface area contributed by atoms with E-state index < -0.39 is 0 Å². The molecule has 0 spiro atoms. The van der Waals surface area contributed by atoms with Gasteiger partial charge < -0.3 is 15.4 Å². The Morgan fingerprint density at radius 2 is 1.82 bits per heavy atom. The summed E-state index contributed by atoms with van der Waals surface area (Å²) in [4.78, 5) is 21.2. The predicted molar refractivity (Wildman–Crippen MR) is 110 cm³/mol. The van der Waals surface area contributed by atoms with Crippen LogP contribution in [0.4, 0.5) is 5.95 Å². The molecule has 6 nitrogen and oxygen atoms in total. The van der Waals surface area contributed by atoms with Crippen LogP contribution in [0.5, 0.6) is 5.75 Å². The van der Waals surface area contributed by atoms with E-state index in [1.807, 2.05) is 55.5 Å². The summed E-state index contributed by atoms with van der Waals surface area (Å²) in [6, 6.07) is 16.7. The Hall–Kier alpha value is -3.12. The van der Waals surface area contributed by atoms with Crippen molar-refractivity contribution in [2.24, 2.45) is 0 Å². The number of nitrogens with zero attached hydrogens (tertiary/aromatic N) is 2. The number of amides is 1. The van der Waals surface area contributed by atoms with E-state index in [0.717, 1.165) is 16.9 Å². The summed E-state index contributed by atoms with van der Waals surface area (Å²) >= 11 is 5.90. The molecule has 0 aliphatic rings. The molecule has 1 heterocycles. The molecule has 28 heavy (non-hydrogen) atoms. The van der Waals surface area contributed by atoms with Gasteiger partial charge >= 0.3 is 0 Å². The van der Waals surface area contributed by atoms with E-state index in [1.165, 1.54) is 0 Å². The highest BCUT2D eigenvalue weighted by Gasteiger charge is 2.11. The molecule has 7 heteroatoms. The lowest BCUT2D eigenvalue weighted by Gasteiger charge is -2.11. The molecule has 0 saturated carbocycles. The smallest absolute Gasteiger partial charge is 0.270 e. The number of hydrogen-bond donors (Lipinski definition) is 2. The van der Waals surface area contributed by atoms with E-state index >= 15 is 0 Å². The van der Waals surface area contributed by atoms with Gasteiger partial charge in [-0.05, 0) is 36.8 Å². The molecule has 0 saturated heterocycles. The lowest BCUT2D eigenvalue weighted by Crippen LogP contribution is -2.24. The number of carbonyl (C=O) groups excluding carboxylic acids is 1. The molecule has 144 valence electrons. The lowest BCUT2D eigenvalue weighted by atomic mass is 10.2. The van der Waals surface area contributed by atoms with Crippen molar-refractivity contribution in [3.8, 4) is 5.75 Å². The molecule has 0 aliphatic carbocycles. The number of rotatable bonds is 7. The normalized spacial score (nSPS) is 10.4. The van der Waals surface area contributed by atoms with E-state index in [0.29, 0.717) is 35.4 Å². The van der Waals surface area contributed by atoms with Gasteiger partial charge in [0, 0.05) is 29.4 Å². The van der Waals surface area contributed by atoms with Crippen LogP contribution < -0.4 is 15.4 Å². The van der Waals surface area contributed by atoms with Gasteiger partial charge in [-0.1, -0.05) is 41.9 Å². The first kappa shape index (κ1) is 19.6. The van der Waals surface area contributed by atoms with E-state index in [1.54, 1.807) is 13.2 Å². The number of ether oxygens (including phenoxy) is 1. The van der Waals surface area contributed by atoms with Gasteiger partial charge in [-0.2, -0.15) is 0 Å². The number of benzene rings is 2. The third-order valence-electron chi connectivity index (χ3n) is 4.08. The van der Waals surface area contributed by atoms with Crippen LogP contribution in [0.3, 0.4) is 0 Å². The molecule has 0 fully saturated rings. The maximum absolute atomic E-state index is 12.5. The van der Waals surface area contributed by atoms with Crippen LogP contribution in [0.1, 0.15) is 27.3 Å². The van der Waals surface area contributed by atoms with Gasteiger partial charge in [0.2, 0.25) is 5.95 Å².